The van der Waals surface area contributed by atoms with Crippen molar-refractivity contribution in [3.05, 3.63) is 40.0 Å². The first kappa shape index (κ1) is 18.8. The largest absolute Gasteiger partial charge is 0.464 e. The Labute approximate surface area is 141 Å². The molecule has 1 amide bonds. The van der Waals surface area contributed by atoms with Gasteiger partial charge in [0.2, 0.25) is 0 Å². The molecule has 0 aliphatic carbocycles. The highest BCUT2D eigenvalue weighted by molar-refractivity contribution is 9.10. The monoisotopic (exact) mass is 386 g/mol. The molecule has 23 heavy (non-hydrogen) atoms. The molecule has 0 aliphatic rings. The number of hydrogen-bond donors (Lipinski definition) is 1. The Kier molecular flexibility index (Phi) is 6.83. The molecule has 0 radical (unpaired) electrons. The van der Waals surface area contributed by atoms with E-state index in [-0.39, 0.29) is 17.1 Å². The van der Waals surface area contributed by atoms with Crippen LogP contribution >= 0.6 is 15.9 Å². The molecular formula is C14H16BrFN4O3. The SMILES string of the molecule is CC.COC(=O)c1cc(NC(=O)c2cc(Br)ncc2F)nn1C. The minimum Gasteiger partial charge on any atom is -0.464 e. The number of ether oxygens (including phenoxy) is 1. The Morgan fingerprint density at radius 3 is 2.61 bits per heavy atom. The summed E-state index contributed by atoms with van der Waals surface area (Å²) in [6, 6.07) is 2.58. The number of pyridine rings is 1. The van der Waals surface area contributed by atoms with E-state index in [2.05, 4.69) is 36.1 Å². The first-order valence-corrected chi connectivity index (χ1v) is 7.46. The fourth-order valence-corrected chi connectivity index (χ4v) is 1.93. The molecule has 2 aromatic rings. The maximum absolute atomic E-state index is 13.5. The Hall–Kier alpha value is -2.29. The highest BCUT2D eigenvalue weighted by Gasteiger charge is 2.17. The van der Waals surface area contributed by atoms with Crippen LogP contribution in [0.1, 0.15) is 34.7 Å². The number of carbonyl (C=O) groups is 2. The van der Waals surface area contributed by atoms with E-state index in [0.717, 1.165) is 6.20 Å². The Balaban J connectivity index is 0.00000127. The van der Waals surface area contributed by atoms with Crippen LogP contribution in [-0.2, 0) is 11.8 Å². The third-order valence-corrected chi connectivity index (χ3v) is 3.02. The van der Waals surface area contributed by atoms with Gasteiger partial charge in [-0.2, -0.15) is 5.10 Å². The lowest BCUT2D eigenvalue weighted by Crippen LogP contribution is -2.14. The molecule has 0 spiro atoms. The van der Waals surface area contributed by atoms with E-state index < -0.39 is 17.7 Å². The zero-order chi connectivity index (χ0) is 17.6. The van der Waals surface area contributed by atoms with Crippen LogP contribution < -0.4 is 5.32 Å². The normalized spacial score (nSPS) is 9.65. The summed E-state index contributed by atoms with van der Waals surface area (Å²) in [6.45, 7) is 4.00. The highest BCUT2D eigenvalue weighted by Crippen LogP contribution is 2.15. The first-order chi connectivity index (χ1) is 10.9. The topological polar surface area (TPSA) is 86.1 Å². The van der Waals surface area contributed by atoms with E-state index in [1.165, 1.54) is 31.0 Å². The van der Waals surface area contributed by atoms with E-state index in [1.807, 2.05) is 13.8 Å². The quantitative estimate of drug-likeness (QED) is 0.647. The number of aromatic nitrogens is 3. The number of carbonyl (C=O) groups excluding carboxylic acids is 2. The number of aryl methyl sites for hydroxylation is 1. The van der Waals surface area contributed by atoms with Crippen molar-refractivity contribution in [1.29, 1.82) is 0 Å². The van der Waals surface area contributed by atoms with E-state index in [1.54, 1.807) is 0 Å². The van der Waals surface area contributed by atoms with Crippen molar-refractivity contribution in [2.45, 2.75) is 13.8 Å². The van der Waals surface area contributed by atoms with Crippen LogP contribution in [0, 0.1) is 5.82 Å². The van der Waals surface area contributed by atoms with Gasteiger partial charge in [-0.1, -0.05) is 13.8 Å². The molecule has 0 saturated heterocycles. The van der Waals surface area contributed by atoms with Gasteiger partial charge in [0, 0.05) is 13.1 Å². The van der Waals surface area contributed by atoms with E-state index in [0.29, 0.717) is 4.60 Å². The van der Waals surface area contributed by atoms with Gasteiger partial charge in [0.15, 0.2) is 11.6 Å². The molecule has 124 valence electrons. The molecule has 9 heteroatoms. The van der Waals surface area contributed by atoms with Gasteiger partial charge in [0.25, 0.3) is 5.91 Å². The number of methoxy groups -OCH3 is 1. The molecule has 2 rings (SSSR count). The molecule has 7 nitrogen and oxygen atoms in total. The molecule has 1 N–H and O–H groups in total. The van der Waals surface area contributed by atoms with Crippen molar-refractivity contribution >= 4 is 33.6 Å². The Morgan fingerprint density at radius 2 is 2.00 bits per heavy atom. The van der Waals surface area contributed by atoms with Crippen molar-refractivity contribution in [1.82, 2.24) is 14.8 Å². The Bertz CT molecular complexity index is 718. The lowest BCUT2D eigenvalue weighted by Gasteiger charge is -2.03. The van der Waals surface area contributed by atoms with Crippen LogP contribution in [0.25, 0.3) is 0 Å². The molecular weight excluding hydrogens is 371 g/mol. The summed E-state index contributed by atoms with van der Waals surface area (Å²) in [5.41, 5.74) is -0.0358. The van der Waals surface area contributed by atoms with Gasteiger partial charge >= 0.3 is 5.97 Å². The molecule has 0 atom stereocenters. The molecule has 0 unspecified atom stereocenters. The van der Waals surface area contributed by atoms with Crippen LogP contribution in [0.3, 0.4) is 0 Å². The van der Waals surface area contributed by atoms with Crippen molar-refractivity contribution < 1.29 is 18.7 Å². The highest BCUT2D eigenvalue weighted by atomic mass is 79.9. The number of nitrogens with one attached hydrogen (secondary N) is 1. The number of halogens is 2. The minimum atomic E-state index is -0.764. The molecule has 0 saturated carbocycles. The smallest absolute Gasteiger partial charge is 0.356 e. The number of anilines is 1. The molecule has 2 aromatic heterocycles. The van der Waals surface area contributed by atoms with E-state index in [4.69, 9.17) is 0 Å². The second-order valence-electron chi connectivity index (χ2n) is 3.97. The average Bonchev–Trinajstić information content (AvgIpc) is 2.91. The summed E-state index contributed by atoms with van der Waals surface area (Å²) in [5.74, 6) is -1.96. The average molecular weight is 387 g/mol. The summed E-state index contributed by atoms with van der Waals surface area (Å²) in [5, 5.41) is 6.33. The number of amides is 1. The second kappa shape index (κ2) is 8.37. The molecule has 0 aromatic carbocycles. The number of hydrogen-bond acceptors (Lipinski definition) is 5. The summed E-state index contributed by atoms with van der Waals surface area (Å²) in [7, 11) is 2.75. The fourth-order valence-electron chi connectivity index (χ4n) is 1.59. The van der Waals surface area contributed by atoms with Crippen LogP contribution in [0.5, 0.6) is 0 Å². The van der Waals surface area contributed by atoms with Crippen LogP contribution in [0.2, 0.25) is 0 Å². The summed E-state index contributed by atoms with van der Waals surface area (Å²) in [6.07, 6.45) is 0.928. The fraction of sp³-hybridized carbons (Fsp3) is 0.286. The standard InChI is InChI=1S/C12H10BrFN4O3.C2H6/c1-18-8(12(20)21-2)4-10(17-18)16-11(19)6-3-9(13)15-5-7(6)14;1-2/h3-5H,1-2H3,(H,16,17,19);1-2H3. The predicted octanol–water partition coefficient (Wildman–Crippen LogP) is 2.78. The predicted molar refractivity (Wildman–Crippen MR) is 85.7 cm³/mol. The summed E-state index contributed by atoms with van der Waals surface area (Å²) in [4.78, 5) is 27.1. The van der Waals surface area contributed by atoms with Crippen LogP contribution in [0.4, 0.5) is 10.2 Å². The van der Waals surface area contributed by atoms with Gasteiger partial charge in [-0.25, -0.2) is 14.2 Å². The first-order valence-electron chi connectivity index (χ1n) is 6.67. The third-order valence-electron chi connectivity index (χ3n) is 2.58. The second-order valence-corrected chi connectivity index (χ2v) is 4.78. The van der Waals surface area contributed by atoms with Gasteiger partial charge in [-0.3, -0.25) is 9.48 Å². The van der Waals surface area contributed by atoms with Crippen molar-refractivity contribution in [3.63, 3.8) is 0 Å². The van der Waals surface area contributed by atoms with Crippen molar-refractivity contribution in [3.8, 4) is 0 Å². The van der Waals surface area contributed by atoms with Gasteiger partial charge in [0.1, 0.15) is 10.3 Å². The van der Waals surface area contributed by atoms with Crippen LogP contribution in [-0.4, -0.2) is 33.8 Å². The molecule has 0 aliphatic heterocycles. The Morgan fingerprint density at radius 1 is 1.35 bits per heavy atom. The third kappa shape index (κ3) is 4.59. The molecule has 0 fully saturated rings. The van der Waals surface area contributed by atoms with Gasteiger partial charge in [0.05, 0.1) is 18.9 Å². The van der Waals surface area contributed by atoms with E-state index >= 15 is 0 Å². The van der Waals surface area contributed by atoms with Crippen molar-refractivity contribution in [2.24, 2.45) is 7.05 Å². The van der Waals surface area contributed by atoms with E-state index in [9.17, 15) is 14.0 Å². The number of esters is 1. The lowest BCUT2D eigenvalue weighted by atomic mass is 10.2. The zero-order valence-electron chi connectivity index (χ0n) is 13.1. The van der Waals surface area contributed by atoms with Gasteiger partial charge in [-0.05, 0) is 22.0 Å². The summed E-state index contributed by atoms with van der Waals surface area (Å²) >= 11 is 3.06. The van der Waals surface area contributed by atoms with Gasteiger partial charge < -0.3 is 10.1 Å². The van der Waals surface area contributed by atoms with Crippen molar-refractivity contribution in [2.75, 3.05) is 12.4 Å². The zero-order valence-corrected chi connectivity index (χ0v) is 14.6. The van der Waals surface area contributed by atoms with Gasteiger partial charge in [-0.15, -0.1) is 0 Å². The molecule has 0 bridgehead atoms. The lowest BCUT2D eigenvalue weighted by molar-refractivity contribution is 0.0588. The number of nitrogens with zero attached hydrogens (tertiary/aromatic N) is 3. The molecule has 2 heterocycles. The maximum atomic E-state index is 13.5. The van der Waals surface area contributed by atoms with Crippen LogP contribution in [0.15, 0.2) is 22.9 Å². The minimum absolute atomic E-state index is 0.107. The maximum Gasteiger partial charge on any atom is 0.356 e. The number of rotatable bonds is 3. The summed E-state index contributed by atoms with van der Waals surface area (Å²) < 4.78 is 19.7.